The highest BCUT2D eigenvalue weighted by atomic mass is 14.2. The van der Waals surface area contributed by atoms with E-state index in [0.717, 1.165) is 0 Å². The summed E-state index contributed by atoms with van der Waals surface area (Å²) in [6, 6.07) is 11.2. The zero-order valence-corrected chi connectivity index (χ0v) is 14.3. The fourth-order valence-corrected chi connectivity index (χ4v) is 0.513. The first kappa shape index (κ1) is 30.1. The average Bonchev–Trinajstić information content (AvgIpc) is 2.57. The molecule has 0 unspecified atom stereocenters. The van der Waals surface area contributed by atoms with Crippen LogP contribution >= 0.6 is 0 Å². The molecular weight excluding hydrogens is 218 g/mol. The first-order valence-electron chi connectivity index (χ1n) is 7.38. The lowest BCUT2D eigenvalue weighted by molar-refractivity contribution is 1.49. The maximum absolute atomic E-state index is 8.29. The van der Waals surface area contributed by atoms with Gasteiger partial charge < -0.3 is 0 Å². The van der Waals surface area contributed by atoms with Gasteiger partial charge >= 0.3 is 0 Å². The molecule has 108 valence electrons. The van der Waals surface area contributed by atoms with E-state index in [1.165, 1.54) is 0 Å². The number of nitriles is 1. The van der Waals surface area contributed by atoms with Crippen molar-refractivity contribution in [3.63, 3.8) is 0 Å². The van der Waals surface area contributed by atoms with Crippen molar-refractivity contribution in [2.75, 3.05) is 0 Å². The van der Waals surface area contributed by atoms with Gasteiger partial charge in [-0.05, 0) is 12.1 Å². The maximum atomic E-state index is 8.29. The Labute approximate surface area is 117 Å². The molecule has 1 heteroatoms. The minimum atomic E-state index is 0.715. The third-order valence-corrected chi connectivity index (χ3v) is 0.903. The lowest BCUT2D eigenvalue weighted by atomic mass is 10.2. The number of hydrogen-bond acceptors (Lipinski definition) is 1. The van der Waals surface area contributed by atoms with E-state index in [1.54, 1.807) is 12.1 Å². The van der Waals surface area contributed by atoms with Gasteiger partial charge in [0.25, 0.3) is 0 Å². The first-order chi connectivity index (χ1) is 8.93. The second kappa shape index (κ2) is 57.2. The van der Waals surface area contributed by atoms with Gasteiger partial charge in [0.2, 0.25) is 0 Å². The Balaban J connectivity index is -0.0000000482. The van der Waals surface area contributed by atoms with Crippen molar-refractivity contribution in [1.82, 2.24) is 0 Å². The first-order valence-corrected chi connectivity index (χ1v) is 7.38. The minimum Gasteiger partial charge on any atom is -0.192 e. The predicted molar refractivity (Wildman–Crippen MR) is 87.9 cm³/mol. The molecule has 0 aliphatic carbocycles. The van der Waals surface area contributed by atoms with Gasteiger partial charge in [-0.25, -0.2) is 0 Å². The van der Waals surface area contributed by atoms with Crippen LogP contribution in [0.1, 0.15) is 74.8 Å². The van der Waals surface area contributed by atoms with Crippen LogP contribution in [-0.4, -0.2) is 0 Å². The van der Waals surface area contributed by atoms with Crippen LogP contribution < -0.4 is 0 Å². The van der Waals surface area contributed by atoms with Crippen molar-refractivity contribution in [2.24, 2.45) is 0 Å². The molecule has 0 bridgehead atoms. The lowest BCUT2D eigenvalue weighted by Crippen LogP contribution is -1.66. The van der Waals surface area contributed by atoms with Gasteiger partial charge in [0.05, 0.1) is 11.6 Å². The van der Waals surface area contributed by atoms with Crippen LogP contribution in [0.4, 0.5) is 0 Å². The van der Waals surface area contributed by atoms with Crippen molar-refractivity contribution in [1.29, 1.82) is 5.26 Å². The Morgan fingerprint density at radius 1 is 0.611 bits per heavy atom. The van der Waals surface area contributed by atoms with Crippen molar-refractivity contribution in [3.05, 3.63) is 35.9 Å². The summed E-state index contributed by atoms with van der Waals surface area (Å²) < 4.78 is 0. The van der Waals surface area contributed by atoms with Gasteiger partial charge in [-0.15, -0.1) is 0 Å². The molecule has 0 saturated carbocycles. The van der Waals surface area contributed by atoms with Crippen LogP contribution in [0.15, 0.2) is 30.3 Å². The van der Waals surface area contributed by atoms with E-state index in [-0.39, 0.29) is 0 Å². The summed E-state index contributed by atoms with van der Waals surface area (Å²) in [5.74, 6) is 0. The van der Waals surface area contributed by atoms with Crippen LogP contribution in [0.25, 0.3) is 0 Å². The summed E-state index contributed by atoms with van der Waals surface area (Å²) in [4.78, 5) is 0. The predicted octanol–water partition coefficient (Wildman–Crippen LogP) is 6.69. The Morgan fingerprint density at radius 3 is 1.06 bits per heavy atom. The number of hydrogen-bond donors (Lipinski definition) is 0. The van der Waals surface area contributed by atoms with Crippen molar-refractivity contribution in [3.8, 4) is 6.07 Å². The molecule has 0 radical (unpaired) electrons. The van der Waals surface area contributed by atoms with E-state index in [0.29, 0.717) is 5.56 Å². The molecule has 0 spiro atoms. The van der Waals surface area contributed by atoms with E-state index in [4.69, 9.17) is 5.26 Å². The van der Waals surface area contributed by atoms with Gasteiger partial charge in [-0.2, -0.15) is 5.26 Å². The Kier molecular flexibility index (Phi) is 95.6. The third kappa shape index (κ3) is 36.4. The molecule has 0 saturated heterocycles. The highest BCUT2D eigenvalue weighted by Gasteiger charge is 1.79. The summed E-state index contributed by atoms with van der Waals surface area (Å²) >= 11 is 0. The summed E-state index contributed by atoms with van der Waals surface area (Å²) in [6.45, 7) is 20.0. The van der Waals surface area contributed by atoms with Gasteiger partial charge in [-0.3, -0.25) is 0 Å². The second-order valence-corrected chi connectivity index (χ2v) is 1.48. The van der Waals surface area contributed by atoms with Gasteiger partial charge in [0.1, 0.15) is 0 Å². The molecule has 0 aromatic heterocycles. The largest absolute Gasteiger partial charge is 0.192 e. The van der Waals surface area contributed by atoms with Crippen LogP contribution in [0.3, 0.4) is 0 Å². The fraction of sp³-hybridized carbons (Fsp3) is 0.588. The molecule has 0 fully saturated rings. The van der Waals surface area contributed by atoms with E-state index < -0.39 is 0 Å². The molecule has 0 heterocycles. The molecule has 1 rings (SSSR count). The van der Waals surface area contributed by atoms with E-state index in [9.17, 15) is 0 Å². The zero-order valence-electron chi connectivity index (χ0n) is 14.3. The Bertz CT molecular complexity index is 197. The standard InChI is InChI=1S/C7H5N.5C2H6/c8-6-7-4-2-1-3-5-7;5*1-2/h1-5H;5*1-2H3. The van der Waals surface area contributed by atoms with Crippen LogP contribution in [0, 0.1) is 11.3 Å². The molecule has 1 aromatic rings. The van der Waals surface area contributed by atoms with Gasteiger partial charge in [0.15, 0.2) is 0 Å². The smallest absolute Gasteiger partial charge is 0.0991 e. The Hall–Kier alpha value is -1.29. The third-order valence-electron chi connectivity index (χ3n) is 0.903. The average molecular weight is 253 g/mol. The minimum absolute atomic E-state index is 0.715. The molecule has 1 aromatic carbocycles. The van der Waals surface area contributed by atoms with Crippen LogP contribution in [0.2, 0.25) is 0 Å². The summed E-state index contributed by atoms with van der Waals surface area (Å²) in [5, 5.41) is 8.29. The molecule has 0 aliphatic heterocycles. The molecule has 0 amide bonds. The number of benzene rings is 1. The molecule has 18 heavy (non-hydrogen) atoms. The monoisotopic (exact) mass is 253 g/mol. The Morgan fingerprint density at radius 2 is 0.889 bits per heavy atom. The topological polar surface area (TPSA) is 23.8 Å². The second-order valence-electron chi connectivity index (χ2n) is 1.48. The van der Waals surface area contributed by atoms with Crippen molar-refractivity contribution < 1.29 is 0 Å². The molecular formula is C17H35N. The van der Waals surface area contributed by atoms with Crippen LogP contribution in [-0.2, 0) is 0 Å². The highest BCUT2D eigenvalue weighted by Crippen LogP contribution is 1.93. The normalized spacial score (nSPS) is 5.17. The quantitative estimate of drug-likeness (QED) is 0.505. The van der Waals surface area contributed by atoms with Gasteiger partial charge in [-0.1, -0.05) is 87.4 Å². The lowest BCUT2D eigenvalue weighted by Gasteiger charge is -1.80. The number of nitrogens with zero attached hydrogens (tertiary/aromatic N) is 1. The molecule has 0 aliphatic rings. The summed E-state index contributed by atoms with van der Waals surface area (Å²) in [6.07, 6.45) is 0. The van der Waals surface area contributed by atoms with E-state index in [2.05, 4.69) is 0 Å². The number of rotatable bonds is 0. The zero-order chi connectivity index (χ0) is 15.8. The molecule has 0 N–H and O–H groups in total. The summed E-state index contributed by atoms with van der Waals surface area (Å²) in [7, 11) is 0. The molecule has 0 atom stereocenters. The summed E-state index contributed by atoms with van der Waals surface area (Å²) in [5.41, 5.74) is 0.715. The van der Waals surface area contributed by atoms with E-state index >= 15 is 0 Å². The van der Waals surface area contributed by atoms with Crippen LogP contribution in [0.5, 0.6) is 0 Å². The fourth-order valence-electron chi connectivity index (χ4n) is 0.513. The highest BCUT2D eigenvalue weighted by molar-refractivity contribution is 5.27. The van der Waals surface area contributed by atoms with Crippen molar-refractivity contribution in [2.45, 2.75) is 69.2 Å². The maximum Gasteiger partial charge on any atom is 0.0991 e. The van der Waals surface area contributed by atoms with Gasteiger partial charge in [0, 0.05) is 0 Å². The molecule has 1 nitrogen and oxygen atoms in total. The SMILES string of the molecule is CC.CC.CC.CC.CC.N#Cc1ccccc1. The van der Waals surface area contributed by atoms with Crippen molar-refractivity contribution >= 4 is 0 Å². The van der Waals surface area contributed by atoms with E-state index in [1.807, 2.05) is 93.5 Å².